The normalized spacial score (nSPS) is 12.6. The number of rotatable bonds is 6. The van der Waals surface area contributed by atoms with Gasteiger partial charge in [-0.05, 0) is 49.3 Å². The number of ether oxygens (including phenoxy) is 1. The molecule has 0 N–H and O–H groups in total. The Morgan fingerprint density at radius 3 is 1.26 bits per heavy atom. The number of halogens is 6. The average molecular weight is 752 g/mol. The lowest BCUT2D eigenvalue weighted by atomic mass is 10.1. The zero-order valence-electron chi connectivity index (χ0n) is 14.6. The van der Waals surface area contributed by atoms with E-state index in [2.05, 4.69) is 122 Å². The first-order valence-electron chi connectivity index (χ1n) is 7.88. The third-order valence-corrected chi connectivity index (χ3v) is 7.07. The van der Waals surface area contributed by atoms with E-state index < -0.39 is 0 Å². The lowest BCUT2D eigenvalue weighted by molar-refractivity contribution is 0.181. The predicted molar refractivity (Wildman–Crippen MR) is 137 cm³/mol. The van der Waals surface area contributed by atoms with Gasteiger partial charge in [-0.1, -0.05) is 108 Å². The summed E-state index contributed by atoms with van der Waals surface area (Å²) in [5.74, 6) is 0. The van der Waals surface area contributed by atoms with E-state index in [4.69, 9.17) is 4.74 Å². The third kappa shape index (κ3) is 7.50. The van der Waals surface area contributed by atoms with Gasteiger partial charge in [-0.15, -0.1) is 0 Å². The van der Waals surface area contributed by atoms with Gasteiger partial charge in [0.05, 0.1) is 13.2 Å². The molecule has 0 amide bonds. The van der Waals surface area contributed by atoms with Crippen molar-refractivity contribution in [3.63, 3.8) is 0 Å². The smallest absolute Gasteiger partial charge is 0.0681 e. The first kappa shape index (κ1) is 24.0. The van der Waals surface area contributed by atoms with Crippen molar-refractivity contribution in [1.29, 1.82) is 0 Å². The summed E-state index contributed by atoms with van der Waals surface area (Å²) in [6.45, 7) is 5.29. The molecule has 0 saturated carbocycles. The van der Waals surface area contributed by atoms with E-state index >= 15 is 0 Å². The average Bonchev–Trinajstić information content (AvgIpc) is 2.54. The number of hydrogen-bond donors (Lipinski definition) is 0. The van der Waals surface area contributed by atoms with Gasteiger partial charge >= 0.3 is 0 Å². The Hall–Kier alpha value is 0.760. The summed E-state index contributed by atoms with van der Waals surface area (Å²) in [5, 5.41) is 0. The fourth-order valence-electron chi connectivity index (χ4n) is 2.33. The van der Waals surface area contributed by atoms with Crippen LogP contribution in [-0.2, 0) is 4.74 Å². The van der Waals surface area contributed by atoms with Gasteiger partial charge in [0.1, 0.15) is 0 Å². The molecule has 0 aromatic heterocycles. The van der Waals surface area contributed by atoms with Crippen LogP contribution < -0.4 is 0 Å². The molecule has 0 aliphatic rings. The van der Waals surface area contributed by atoms with E-state index in [9.17, 15) is 0 Å². The maximum atomic E-state index is 5.89. The second kappa shape index (κ2) is 11.2. The van der Waals surface area contributed by atoms with E-state index in [0.717, 1.165) is 49.1 Å². The number of benzene rings is 2. The highest BCUT2D eigenvalue weighted by Crippen LogP contribution is 2.32. The maximum Gasteiger partial charge on any atom is 0.0681 e. The highest BCUT2D eigenvalue weighted by Gasteiger charge is 2.07. The molecule has 0 aliphatic heterocycles. The Morgan fingerprint density at radius 2 is 0.963 bits per heavy atom. The van der Waals surface area contributed by atoms with Crippen molar-refractivity contribution < 1.29 is 4.74 Å². The molecule has 27 heavy (non-hydrogen) atoms. The highest BCUT2D eigenvalue weighted by atomic mass is 79.9. The summed E-state index contributed by atoms with van der Waals surface area (Å²) < 4.78 is 12.1. The van der Waals surface area contributed by atoms with E-state index in [1.165, 1.54) is 0 Å². The fourth-order valence-corrected chi connectivity index (χ4v) is 7.31. The lowest BCUT2D eigenvalue weighted by Gasteiger charge is -2.09. The second-order valence-electron chi connectivity index (χ2n) is 6.04. The summed E-state index contributed by atoms with van der Waals surface area (Å²) in [6.07, 6.45) is 4.25. The van der Waals surface area contributed by atoms with Gasteiger partial charge in [0.25, 0.3) is 0 Å². The van der Waals surface area contributed by atoms with E-state index in [1.54, 1.807) is 0 Å². The molecule has 1 nitrogen and oxygen atoms in total. The Labute approximate surface area is 210 Å². The molecule has 144 valence electrons. The van der Waals surface area contributed by atoms with E-state index in [1.807, 2.05) is 24.3 Å². The topological polar surface area (TPSA) is 9.23 Å². The van der Waals surface area contributed by atoms with Crippen LogP contribution in [0.4, 0.5) is 0 Å². The van der Waals surface area contributed by atoms with Crippen molar-refractivity contribution in [3.05, 3.63) is 73.4 Å². The quantitative estimate of drug-likeness (QED) is 0.286. The summed E-state index contributed by atoms with van der Waals surface area (Å²) >= 11 is 21.4. The van der Waals surface area contributed by atoms with Crippen molar-refractivity contribution >= 4 is 108 Å². The van der Waals surface area contributed by atoms with Crippen molar-refractivity contribution in [3.8, 4) is 0 Å². The van der Waals surface area contributed by atoms with E-state index in [-0.39, 0.29) is 0 Å². The maximum absolute atomic E-state index is 5.89. The minimum absolute atomic E-state index is 0.572. The van der Waals surface area contributed by atoms with Gasteiger partial charge < -0.3 is 4.74 Å². The summed E-state index contributed by atoms with van der Waals surface area (Å²) in [5.41, 5.74) is 4.51. The summed E-state index contributed by atoms with van der Waals surface area (Å²) in [6, 6.07) is 8.13. The molecule has 2 aromatic carbocycles. The van der Waals surface area contributed by atoms with Crippen LogP contribution in [0.5, 0.6) is 0 Å². The van der Waals surface area contributed by atoms with Crippen molar-refractivity contribution in [2.75, 3.05) is 13.2 Å². The summed E-state index contributed by atoms with van der Waals surface area (Å²) in [7, 11) is 0. The molecule has 0 saturated heterocycles. The molecule has 0 aliphatic carbocycles. The molecule has 0 fully saturated rings. The Balaban J connectivity index is 2.02. The molecule has 2 aromatic rings. The predicted octanol–water partition coefficient (Wildman–Crippen LogP) is 9.78. The third-order valence-electron chi connectivity index (χ3n) is 3.53. The van der Waals surface area contributed by atoms with Crippen LogP contribution >= 0.6 is 95.6 Å². The highest BCUT2D eigenvalue weighted by molar-refractivity contribution is 9.12. The van der Waals surface area contributed by atoms with E-state index in [0.29, 0.717) is 13.2 Å². The van der Waals surface area contributed by atoms with Gasteiger partial charge in [0.2, 0.25) is 0 Å². The van der Waals surface area contributed by atoms with Crippen LogP contribution in [0.1, 0.15) is 25.0 Å². The first-order chi connectivity index (χ1) is 12.7. The molecule has 0 spiro atoms. The van der Waals surface area contributed by atoms with Gasteiger partial charge in [0, 0.05) is 38.0 Å². The van der Waals surface area contributed by atoms with Crippen molar-refractivity contribution in [2.24, 2.45) is 0 Å². The monoisotopic (exact) mass is 746 g/mol. The minimum atomic E-state index is 0.572. The molecule has 0 atom stereocenters. The Bertz CT molecular complexity index is 782. The second-order valence-corrected chi connectivity index (χ2v) is 11.3. The molecule has 2 rings (SSSR count). The SMILES string of the molecule is CC(=Cc1c(Br)cc(Br)cc1Br)COCC(C)=Cc1c(Br)cc(Br)cc1Br. The standard InChI is InChI=1S/C20H16Br6O/c1-11(3-15-17(23)5-13(21)6-18(15)24)9-27-10-12(2)4-16-19(25)7-14(22)8-20(16)26/h3-8H,9-10H2,1-2H3. The molecule has 0 radical (unpaired) electrons. The van der Waals surface area contributed by atoms with Crippen LogP contribution in [0.25, 0.3) is 12.2 Å². The zero-order valence-corrected chi connectivity index (χ0v) is 24.1. The van der Waals surface area contributed by atoms with Crippen LogP contribution in [0, 0.1) is 0 Å². The molecule has 0 heterocycles. The molecular formula is C20H16Br6O. The first-order valence-corrected chi connectivity index (χ1v) is 12.6. The molecule has 0 unspecified atom stereocenters. The lowest BCUT2D eigenvalue weighted by Crippen LogP contribution is -1.99. The largest absolute Gasteiger partial charge is 0.373 e. The van der Waals surface area contributed by atoms with Gasteiger partial charge in [-0.25, -0.2) is 0 Å². The van der Waals surface area contributed by atoms with Crippen LogP contribution in [0.3, 0.4) is 0 Å². The van der Waals surface area contributed by atoms with Gasteiger partial charge in [-0.2, -0.15) is 0 Å². The van der Waals surface area contributed by atoms with Crippen LogP contribution in [-0.4, -0.2) is 13.2 Å². The zero-order chi connectivity index (χ0) is 20.1. The molecular weight excluding hydrogens is 736 g/mol. The Morgan fingerprint density at radius 1 is 0.667 bits per heavy atom. The summed E-state index contributed by atoms with van der Waals surface area (Å²) in [4.78, 5) is 0. The van der Waals surface area contributed by atoms with Crippen LogP contribution in [0.15, 0.2) is 62.2 Å². The number of hydrogen-bond acceptors (Lipinski definition) is 1. The van der Waals surface area contributed by atoms with Crippen molar-refractivity contribution in [1.82, 2.24) is 0 Å². The fraction of sp³-hybridized carbons (Fsp3) is 0.200. The van der Waals surface area contributed by atoms with Gasteiger partial charge in [0.15, 0.2) is 0 Å². The Kier molecular flexibility index (Phi) is 10.00. The molecule has 0 bridgehead atoms. The van der Waals surface area contributed by atoms with Crippen LogP contribution in [0.2, 0.25) is 0 Å². The molecule has 7 heteroatoms. The van der Waals surface area contributed by atoms with Gasteiger partial charge in [-0.3, -0.25) is 0 Å². The van der Waals surface area contributed by atoms with Crippen molar-refractivity contribution in [2.45, 2.75) is 13.8 Å². The minimum Gasteiger partial charge on any atom is -0.373 e.